The number of aliphatic imine (C=N–C) groups is 1. The second-order valence-corrected chi connectivity index (χ2v) is 7.90. The summed E-state index contributed by atoms with van der Waals surface area (Å²) >= 11 is 0. The van der Waals surface area contributed by atoms with Crippen LogP contribution in [0.25, 0.3) is 0 Å². The van der Waals surface area contributed by atoms with Gasteiger partial charge in [0.15, 0.2) is 5.96 Å². The van der Waals surface area contributed by atoms with Crippen LogP contribution in [0.3, 0.4) is 0 Å². The number of nitrogens with one attached hydrogen (secondary N) is 2. The molecule has 3 N–H and O–H groups in total. The van der Waals surface area contributed by atoms with Crippen LogP contribution >= 0.6 is 0 Å². The van der Waals surface area contributed by atoms with Gasteiger partial charge in [-0.25, -0.2) is 0 Å². The molecule has 1 aromatic rings. The molecule has 1 aromatic carbocycles. The summed E-state index contributed by atoms with van der Waals surface area (Å²) in [6, 6.07) is 9.95. The minimum atomic E-state index is -0.637. The molecule has 0 radical (unpaired) electrons. The predicted molar refractivity (Wildman–Crippen MR) is 117 cm³/mol. The fourth-order valence-corrected chi connectivity index (χ4v) is 3.27. The maximum atomic E-state index is 10.2. The van der Waals surface area contributed by atoms with Crippen molar-refractivity contribution in [3.05, 3.63) is 35.9 Å². The van der Waals surface area contributed by atoms with Crippen LogP contribution in [0.15, 0.2) is 35.3 Å². The maximum absolute atomic E-state index is 10.2. The molecule has 0 aromatic heterocycles. The molecule has 7 nitrogen and oxygen atoms in total. The van der Waals surface area contributed by atoms with Gasteiger partial charge in [0.1, 0.15) is 0 Å². The van der Waals surface area contributed by atoms with E-state index in [4.69, 9.17) is 9.47 Å². The van der Waals surface area contributed by atoms with Crippen molar-refractivity contribution in [2.75, 3.05) is 52.5 Å². The van der Waals surface area contributed by atoms with Crippen LogP contribution in [0.1, 0.15) is 26.3 Å². The van der Waals surface area contributed by atoms with E-state index in [0.29, 0.717) is 25.0 Å². The third-order valence-electron chi connectivity index (χ3n) is 4.57. The number of morpholine rings is 1. The number of aliphatic hydroxyl groups is 1. The molecule has 0 saturated carbocycles. The van der Waals surface area contributed by atoms with Gasteiger partial charge in [0.2, 0.25) is 0 Å². The van der Waals surface area contributed by atoms with E-state index in [-0.39, 0.29) is 19.3 Å². The Bertz CT molecular complexity index is 583. The van der Waals surface area contributed by atoms with Gasteiger partial charge in [-0.1, -0.05) is 44.2 Å². The van der Waals surface area contributed by atoms with Gasteiger partial charge in [0, 0.05) is 32.7 Å². The molecule has 0 aliphatic carbocycles. The van der Waals surface area contributed by atoms with Crippen LogP contribution in [0.4, 0.5) is 0 Å². The molecule has 2 rings (SSSR count). The lowest BCUT2D eigenvalue weighted by molar-refractivity contribution is -0.0284. The lowest BCUT2D eigenvalue weighted by Crippen LogP contribution is -2.50. The van der Waals surface area contributed by atoms with Gasteiger partial charge in [0.05, 0.1) is 38.6 Å². The van der Waals surface area contributed by atoms with E-state index >= 15 is 0 Å². The van der Waals surface area contributed by atoms with E-state index < -0.39 is 6.10 Å². The molecule has 0 spiro atoms. The quantitative estimate of drug-likeness (QED) is 0.382. The van der Waals surface area contributed by atoms with Crippen molar-refractivity contribution in [2.45, 2.75) is 39.6 Å². The molecular formula is C22H38N4O3. The van der Waals surface area contributed by atoms with Gasteiger partial charge in [-0.05, 0) is 18.4 Å². The molecule has 1 heterocycles. The first kappa shape index (κ1) is 23.6. The number of aliphatic hydroxyl groups excluding tert-OH is 1. The zero-order chi connectivity index (χ0) is 20.9. The Morgan fingerprint density at radius 1 is 1.31 bits per heavy atom. The molecule has 0 bridgehead atoms. The summed E-state index contributed by atoms with van der Waals surface area (Å²) in [6.07, 6.45) is -0.493. The van der Waals surface area contributed by atoms with Crippen LogP contribution in [-0.2, 0) is 16.1 Å². The van der Waals surface area contributed by atoms with Crippen molar-refractivity contribution in [1.82, 2.24) is 15.5 Å². The number of rotatable bonds is 11. The van der Waals surface area contributed by atoms with Gasteiger partial charge in [-0.2, -0.15) is 0 Å². The van der Waals surface area contributed by atoms with E-state index in [2.05, 4.69) is 34.4 Å². The lowest BCUT2D eigenvalue weighted by Gasteiger charge is -2.34. The standard InChI is InChI=1S/C22H38N4O3/c1-4-23-22(25-13-21-15-26(10-11-29-21)14-18(2)3)24-12-20(27)17-28-16-19-8-6-5-7-9-19/h5-9,18,20-21,27H,4,10-17H2,1-3H3,(H2,23,24,25). The molecule has 7 heteroatoms. The minimum absolute atomic E-state index is 0.144. The number of hydrogen-bond donors (Lipinski definition) is 3. The van der Waals surface area contributed by atoms with Crippen LogP contribution < -0.4 is 10.6 Å². The second-order valence-electron chi connectivity index (χ2n) is 7.90. The normalized spacial score (nSPS) is 19.3. The highest BCUT2D eigenvalue weighted by Gasteiger charge is 2.21. The highest BCUT2D eigenvalue weighted by molar-refractivity contribution is 5.79. The minimum Gasteiger partial charge on any atom is -0.389 e. The zero-order valence-electron chi connectivity index (χ0n) is 18.1. The largest absolute Gasteiger partial charge is 0.389 e. The topological polar surface area (TPSA) is 78.4 Å². The molecule has 1 aliphatic heterocycles. The van der Waals surface area contributed by atoms with Crippen molar-refractivity contribution in [3.8, 4) is 0 Å². The molecule has 0 amide bonds. The van der Waals surface area contributed by atoms with Crippen molar-refractivity contribution in [3.63, 3.8) is 0 Å². The molecule has 1 fully saturated rings. The molecule has 1 saturated heterocycles. The van der Waals surface area contributed by atoms with Gasteiger partial charge in [0.25, 0.3) is 0 Å². The monoisotopic (exact) mass is 406 g/mol. The van der Waals surface area contributed by atoms with Crippen molar-refractivity contribution < 1.29 is 14.6 Å². The molecular weight excluding hydrogens is 368 g/mol. The van der Waals surface area contributed by atoms with Crippen molar-refractivity contribution in [1.29, 1.82) is 0 Å². The summed E-state index contributed by atoms with van der Waals surface area (Å²) in [7, 11) is 0. The van der Waals surface area contributed by atoms with E-state index in [1.165, 1.54) is 0 Å². The average molecular weight is 407 g/mol. The average Bonchev–Trinajstić information content (AvgIpc) is 2.71. The Balaban J connectivity index is 1.70. The zero-order valence-corrected chi connectivity index (χ0v) is 18.1. The van der Waals surface area contributed by atoms with Crippen LogP contribution in [-0.4, -0.2) is 80.7 Å². The third-order valence-corrected chi connectivity index (χ3v) is 4.57. The summed E-state index contributed by atoms with van der Waals surface area (Å²) in [6.45, 7) is 12.8. The lowest BCUT2D eigenvalue weighted by atomic mass is 10.2. The number of nitrogens with zero attached hydrogens (tertiary/aromatic N) is 2. The molecule has 29 heavy (non-hydrogen) atoms. The first-order valence-electron chi connectivity index (χ1n) is 10.7. The number of ether oxygens (including phenoxy) is 2. The molecule has 2 unspecified atom stereocenters. The highest BCUT2D eigenvalue weighted by Crippen LogP contribution is 2.07. The summed E-state index contributed by atoms with van der Waals surface area (Å²) in [5, 5.41) is 16.7. The second kappa shape index (κ2) is 13.5. The fraction of sp³-hybridized carbons (Fsp3) is 0.682. The number of benzene rings is 1. The first-order chi connectivity index (χ1) is 14.1. The smallest absolute Gasteiger partial charge is 0.191 e. The van der Waals surface area contributed by atoms with Gasteiger partial charge < -0.3 is 25.2 Å². The number of hydrogen-bond acceptors (Lipinski definition) is 5. The Labute approximate surface area is 175 Å². The van der Waals surface area contributed by atoms with Crippen LogP contribution in [0.2, 0.25) is 0 Å². The Kier molecular flexibility index (Phi) is 11.0. The molecule has 164 valence electrons. The third kappa shape index (κ3) is 10.1. The Hall–Kier alpha value is -1.67. The van der Waals surface area contributed by atoms with Crippen LogP contribution in [0.5, 0.6) is 0 Å². The summed E-state index contributed by atoms with van der Waals surface area (Å²) in [5.41, 5.74) is 1.09. The van der Waals surface area contributed by atoms with Crippen molar-refractivity contribution in [2.24, 2.45) is 10.9 Å². The number of guanidine groups is 1. The summed E-state index contributed by atoms with van der Waals surface area (Å²) < 4.78 is 11.5. The maximum Gasteiger partial charge on any atom is 0.191 e. The van der Waals surface area contributed by atoms with Gasteiger partial charge >= 0.3 is 0 Å². The molecule has 1 aliphatic rings. The van der Waals surface area contributed by atoms with Crippen molar-refractivity contribution >= 4 is 5.96 Å². The fourth-order valence-electron chi connectivity index (χ4n) is 3.27. The Morgan fingerprint density at radius 2 is 2.10 bits per heavy atom. The Morgan fingerprint density at radius 3 is 2.83 bits per heavy atom. The predicted octanol–water partition coefficient (Wildman–Crippen LogP) is 1.48. The summed E-state index contributed by atoms with van der Waals surface area (Å²) in [4.78, 5) is 6.94. The highest BCUT2D eigenvalue weighted by atomic mass is 16.5. The van der Waals surface area contributed by atoms with Gasteiger partial charge in [-0.3, -0.25) is 9.89 Å². The SMILES string of the molecule is CCNC(=NCC(O)COCc1ccccc1)NCC1CN(CC(C)C)CCO1. The van der Waals surface area contributed by atoms with Crippen LogP contribution in [0, 0.1) is 5.92 Å². The van der Waals surface area contributed by atoms with E-state index in [1.807, 2.05) is 37.3 Å². The summed E-state index contributed by atoms with van der Waals surface area (Å²) in [5.74, 6) is 1.35. The van der Waals surface area contributed by atoms with Gasteiger partial charge in [-0.15, -0.1) is 0 Å². The van der Waals surface area contributed by atoms with E-state index in [9.17, 15) is 5.11 Å². The van der Waals surface area contributed by atoms with E-state index in [1.54, 1.807) is 0 Å². The molecule has 2 atom stereocenters. The van der Waals surface area contributed by atoms with E-state index in [0.717, 1.165) is 38.3 Å². The first-order valence-corrected chi connectivity index (χ1v) is 10.7.